The Balaban J connectivity index is 2.29. The van der Waals surface area contributed by atoms with Gasteiger partial charge in [0.1, 0.15) is 5.15 Å². The molecule has 0 bridgehead atoms. The molecule has 0 aliphatic heterocycles. The summed E-state index contributed by atoms with van der Waals surface area (Å²) in [6, 6.07) is 4.05. The van der Waals surface area contributed by atoms with E-state index < -0.39 is 0 Å². The number of nitrogens with zero attached hydrogens (tertiary/aromatic N) is 3. The summed E-state index contributed by atoms with van der Waals surface area (Å²) in [7, 11) is 0. The van der Waals surface area contributed by atoms with Crippen molar-refractivity contribution < 1.29 is 0 Å². The average Bonchev–Trinajstić information content (AvgIpc) is 2.89. The standard InChI is InChI=1S/C9H7ClIN3/c10-8-6(5-1-2-5)3-4-7-12-9(11)13-14(7)8/h3-5H,1-2H2. The molecule has 0 radical (unpaired) electrons. The smallest absolute Gasteiger partial charge is 0.202 e. The zero-order valence-electron chi connectivity index (χ0n) is 7.24. The molecule has 0 unspecified atom stereocenters. The van der Waals surface area contributed by atoms with Gasteiger partial charge in [0.15, 0.2) is 5.65 Å². The van der Waals surface area contributed by atoms with Crippen LogP contribution in [-0.4, -0.2) is 14.6 Å². The van der Waals surface area contributed by atoms with E-state index in [9.17, 15) is 0 Å². The number of aromatic nitrogens is 3. The Hall–Kier alpha value is -0.360. The quantitative estimate of drug-likeness (QED) is 0.598. The predicted molar refractivity (Wildman–Crippen MR) is 62.7 cm³/mol. The van der Waals surface area contributed by atoms with Crippen molar-refractivity contribution in [1.29, 1.82) is 0 Å². The van der Waals surface area contributed by atoms with E-state index in [1.54, 1.807) is 4.52 Å². The molecule has 1 aliphatic carbocycles. The fourth-order valence-electron chi connectivity index (χ4n) is 1.60. The fourth-order valence-corrected chi connectivity index (χ4v) is 2.41. The SMILES string of the molecule is Clc1c(C2CC2)ccc2nc(I)nn12. The highest BCUT2D eigenvalue weighted by atomic mass is 127. The van der Waals surface area contributed by atoms with E-state index in [2.05, 4.69) is 38.7 Å². The first-order valence-corrected chi connectivity index (χ1v) is 5.92. The lowest BCUT2D eigenvalue weighted by molar-refractivity contribution is 0.920. The van der Waals surface area contributed by atoms with Crippen molar-refractivity contribution in [3.05, 3.63) is 26.7 Å². The van der Waals surface area contributed by atoms with Crippen molar-refractivity contribution in [2.24, 2.45) is 0 Å². The minimum Gasteiger partial charge on any atom is -0.202 e. The maximum absolute atomic E-state index is 6.25. The first-order chi connectivity index (χ1) is 6.75. The van der Waals surface area contributed by atoms with Crippen LogP contribution >= 0.6 is 34.2 Å². The van der Waals surface area contributed by atoms with Crippen LogP contribution in [0.15, 0.2) is 12.1 Å². The van der Waals surface area contributed by atoms with E-state index in [1.165, 1.54) is 18.4 Å². The summed E-state index contributed by atoms with van der Waals surface area (Å²) in [6.45, 7) is 0. The van der Waals surface area contributed by atoms with Gasteiger partial charge in [0.2, 0.25) is 3.83 Å². The van der Waals surface area contributed by atoms with Crippen LogP contribution in [0.4, 0.5) is 0 Å². The molecule has 3 rings (SSSR count). The summed E-state index contributed by atoms with van der Waals surface area (Å²) in [6.07, 6.45) is 2.49. The third-order valence-electron chi connectivity index (χ3n) is 2.46. The van der Waals surface area contributed by atoms with E-state index in [0.717, 1.165) is 14.6 Å². The molecule has 2 heterocycles. The molecule has 1 saturated carbocycles. The number of hydrogen-bond donors (Lipinski definition) is 0. The first kappa shape index (κ1) is 8.91. The molecule has 0 amide bonds. The molecule has 14 heavy (non-hydrogen) atoms. The highest BCUT2D eigenvalue weighted by Gasteiger charge is 2.27. The Morgan fingerprint density at radius 3 is 2.93 bits per heavy atom. The van der Waals surface area contributed by atoms with Crippen LogP contribution in [-0.2, 0) is 0 Å². The Labute approximate surface area is 99.6 Å². The molecule has 1 aliphatic rings. The van der Waals surface area contributed by atoms with Gasteiger partial charge in [0.25, 0.3) is 0 Å². The molecule has 0 aromatic carbocycles. The van der Waals surface area contributed by atoms with Crippen molar-refractivity contribution in [2.75, 3.05) is 0 Å². The number of hydrogen-bond acceptors (Lipinski definition) is 2. The fraction of sp³-hybridized carbons (Fsp3) is 0.333. The van der Waals surface area contributed by atoms with Gasteiger partial charge in [-0.15, -0.1) is 5.10 Å². The van der Waals surface area contributed by atoms with Gasteiger partial charge in [-0.05, 0) is 30.4 Å². The molecule has 2 aromatic rings. The highest BCUT2D eigenvalue weighted by Crippen LogP contribution is 2.43. The third kappa shape index (κ3) is 1.32. The van der Waals surface area contributed by atoms with E-state index in [1.807, 2.05) is 6.07 Å². The first-order valence-electron chi connectivity index (χ1n) is 4.46. The molecular weight excluding hydrogens is 312 g/mol. The van der Waals surface area contributed by atoms with Gasteiger partial charge in [0.05, 0.1) is 0 Å². The summed E-state index contributed by atoms with van der Waals surface area (Å²) >= 11 is 8.34. The van der Waals surface area contributed by atoms with Crippen LogP contribution in [0.3, 0.4) is 0 Å². The van der Waals surface area contributed by atoms with Crippen molar-refractivity contribution in [1.82, 2.24) is 14.6 Å². The highest BCUT2D eigenvalue weighted by molar-refractivity contribution is 14.1. The molecule has 1 fully saturated rings. The molecule has 0 N–H and O–H groups in total. The van der Waals surface area contributed by atoms with Crippen LogP contribution in [0.2, 0.25) is 5.15 Å². The second-order valence-corrected chi connectivity index (χ2v) is 4.83. The lowest BCUT2D eigenvalue weighted by Gasteiger charge is -2.02. The zero-order chi connectivity index (χ0) is 9.71. The van der Waals surface area contributed by atoms with Gasteiger partial charge in [-0.1, -0.05) is 17.7 Å². The number of halogens is 2. The molecule has 3 nitrogen and oxygen atoms in total. The molecule has 5 heteroatoms. The number of pyridine rings is 1. The van der Waals surface area contributed by atoms with Gasteiger partial charge < -0.3 is 0 Å². The van der Waals surface area contributed by atoms with Crippen molar-refractivity contribution in [3.8, 4) is 0 Å². The van der Waals surface area contributed by atoms with Gasteiger partial charge in [-0.3, -0.25) is 0 Å². The lowest BCUT2D eigenvalue weighted by Crippen LogP contribution is -1.94. The third-order valence-corrected chi connectivity index (χ3v) is 3.29. The molecular formula is C9H7ClIN3. The second kappa shape index (κ2) is 3.06. The molecule has 0 atom stereocenters. The van der Waals surface area contributed by atoms with Gasteiger partial charge in [-0.2, -0.15) is 0 Å². The number of fused-ring (bicyclic) bond motifs is 1. The van der Waals surface area contributed by atoms with E-state index >= 15 is 0 Å². The van der Waals surface area contributed by atoms with Crippen LogP contribution in [0.5, 0.6) is 0 Å². The van der Waals surface area contributed by atoms with E-state index in [0.29, 0.717) is 5.92 Å². The van der Waals surface area contributed by atoms with Crippen LogP contribution in [0.25, 0.3) is 5.65 Å². The van der Waals surface area contributed by atoms with Crippen molar-refractivity contribution in [3.63, 3.8) is 0 Å². The summed E-state index contributed by atoms with van der Waals surface area (Å²) < 4.78 is 2.45. The summed E-state index contributed by atoms with van der Waals surface area (Å²) in [4.78, 5) is 4.25. The van der Waals surface area contributed by atoms with Crippen LogP contribution < -0.4 is 0 Å². The van der Waals surface area contributed by atoms with Gasteiger partial charge in [-0.25, -0.2) is 9.50 Å². The van der Waals surface area contributed by atoms with E-state index in [-0.39, 0.29) is 0 Å². The molecule has 0 saturated heterocycles. The summed E-state index contributed by atoms with van der Waals surface area (Å²) in [5.74, 6) is 0.647. The normalized spacial score (nSPS) is 16.4. The van der Waals surface area contributed by atoms with Crippen LogP contribution in [0.1, 0.15) is 24.3 Å². The predicted octanol–water partition coefficient (Wildman–Crippen LogP) is 2.86. The molecule has 2 aromatic heterocycles. The van der Waals surface area contributed by atoms with Crippen molar-refractivity contribution in [2.45, 2.75) is 18.8 Å². The molecule has 0 spiro atoms. The maximum atomic E-state index is 6.25. The van der Waals surface area contributed by atoms with Gasteiger partial charge in [0, 0.05) is 22.6 Å². The largest absolute Gasteiger partial charge is 0.212 e. The minimum atomic E-state index is 0.647. The van der Waals surface area contributed by atoms with E-state index in [4.69, 9.17) is 11.6 Å². The number of rotatable bonds is 1. The maximum Gasteiger partial charge on any atom is 0.212 e. The van der Waals surface area contributed by atoms with Gasteiger partial charge >= 0.3 is 0 Å². The van der Waals surface area contributed by atoms with Crippen molar-refractivity contribution >= 4 is 39.8 Å². The average molecular weight is 320 g/mol. The van der Waals surface area contributed by atoms with Crippen LogP contribution in [0, 0.1) is 3.83 Å². The summed E-state index contributed by atoms with van der Waals surface area (Å²) in [5.41, 5.74) is 2.03. The Bertz CT molecular complexity index is 504. The minimum absolute atomic E-state index is 0.647. The zero-order valence-corrected chi connectivity index (χ0v) is 10.2. The Kier molecular flexibility index (Phi) is 1.95. The lowest BCUT2D eigenvalue weighted by atomic mass is 10.2. The monoisotopic (exact) mass is 319 g/mol. The second-order valence-electron chi connectivity index (χ2n) is 3.50. The summed E-state index contributed by atoms with van der Waals surface area (Å²) in [5, 5.41) is 4.97. The topological polar surface area (TPSA) is 30.2 Å². The Morgan fingerprint density at radius 1 is 1.43 bits per heavy atom. The molecule has 72 valence electrons. The Morgan fingerprint density at radius 2 is 2.21 bits per heavy atom.